The van der Waals surface area contributed by atoms with E-state index < -0.39 is 36.6 Å². The smallest absolute Gasteiger partial charge is 0.252 e. The third-order valence-corrected chi connectivity index (χ3v) is 3.66. The molecule has 1 heterocycles. The highest BCUT2D eigenvalue weighted by molar-refractivity contribution is 5.81. The maximum atomic E-state index is 12.0. The molecule has 7 nitrogen and oxygen atoms in total. The van der Waals surface area contributed by atoms with Crippen LogP contribution in [0.25, 0.3) is 0 Å². The summed E-state index contributed by atoms with van der Waals surface area (Å²) in [4.78, 5) is 12.0. The highest BCUT2D eigenvalue weighted by atomic mass is 16.6. The van der Waals surface area contributed by atoms with E-state index >= 15 is 0 Å². The van der Waals surface area contributed by atoms with Crippen LogP contribution in [-0.2, 0) is 9.53 Å². The van der Waals surface area contributed by atoms with Gasteiger partial charge in [-0.2, -0.15) is 0 Å². The van der Waals surface area contributed by atoms with Gasteiger partial charge in [-0.3, -0.25) is 4.79 Å². The fraction of sp³-hybridized carbons (Fsp3) is 0.688. The van der Waals surface area contributed by atoms with E-state index in [1.54, 1.807) is 0 Å². The fourth-order valence-electron chi connectivity index (χ4n) is 2.19. The van der Waals surface area contributed by atoms with Crippen molar-refractivity contribution in [3.8, 4) is 0 Å². The SMILES string of the molecule is CC(C)=CCCC(C)=CCNC(=O)C1OC(O)C(O)C(O)C1O. The molecular weight excluding hydrogens is 302 g/mol. The zero-order chi connectivity index (χ0) is 17.6. The van der Waals surface area contributed by atoms with E-state index in [1.165, 1.54) is 5.57 Å². The number of aliphatic hydroxyl groups excluding tert-OH is 4. The van der Waals surface area contributed by atoms with Gasteiger partial charge in [0, 0.05) is 6.54 Å². The lowest BCUT2D eigenvalue weighted by Crippen LogP contribution is -2.61. The Labute approximate surface area is 136 Å². The lowest BCUT2D eigenvalue weighted by molar-refractivity contribution is -0.275. The van der Waals surface area contributed by atoms with Crippen LogP contribution in [0.4, 0.5) is 0 Å². The van der Waals surface area contributed by atoms with Crippen molar-refractivity contribution in [3.05, 3.63) is 23.3 Å². The minimum absolute atomic E-state index is 0.251. The molecule has 5 N–H and O–H groups in total. The summed E-state index contributed by atoms with van der Waals surface area (Å²) in [7, 11) is 0. The predicted octanol–water partition coefficient (Wildman–Crippen LogP) is -0.405. The van der Waals surface area contributed by atoms with Crippen molar-refractivity contribution in [2.75, 3.05) is 6.54 Å². The van der Waals surface area contributed by atoms with Crippen LogP contribution >= 0.6 is 0 Å². The molecule has 5 unspecified atom stereocenters. The average molecular weight is 329 g/mol. The third-order valence-electron chi connectivity index (χ3n) is 3.66. The summed E-state index contributed by atoms with van der Waals surface area (Å²) in [5.74, 6) is -0.657. The highest BCUT2D eigenvalue weighted by Gasteiger charge is 2.45. The second-order valence-electron chi connectivity index (χ2n) is 6.03. The quantitative estimate of drug-likeness (QED) is 0.423. The zero-order valence-electron chi connectivity index (χ0n) is 13.8. The van der Waals surface area contributed by atoms with Gasteiger partial charge in [0.05, 0.1) is 0 Å². The van der Waals surface area contributed by atoms with Gasteiger partial charge in [0.1, 0.15) is 18.3 Å². The molecule has 1 aliphatic rings. The molecule has 7 heteroatoms. The lowest BCUT2D eigenvalue weighted by Gasteiger charge is -2.37. The number of rotatable bonds is 6. The van der Waals surface area contributed by atoms with E-state index in [0.717, 1.165) is 18.4 Å². The molecule has 0 aromatic rings. The summed E-state index contributed by atoms with van der Waals surface area (Å²) in [6, 6.07) is 0. The molecule has 1 fully saturated rings. The molecule has 0 radical (unpaired) electrons. The minimum atomic E-state index is -1.72. The van der Waals surface area contributed by atoms with Gasteiger partial charge in [0.2, 0.25) is 0 Å². The maximum absolute atomic E-state index is 12.0. The van der Waals surface area contributed by atoms with Gasteiger partial charge in [-0.1, -0.05) is 23.3 Å². The van der Waals surface area contributed by atoms with Gasteiger partial charge in [-0.15, -0.1) is 0 Å². The lowest BCUT2D eigenvalue weighted by atomic mass is 9.98. The average Bonchev–Trinajstić information content (AvgIpc) is 2.48. The summed E-state index contributed by atoms with van der Waals surface area (Å²) >= 11 is 0. The van der Waals surface area contributed by atoms with Gasteiger partial charge in [-0.05, 0) is 33.6 Å². The fourth-order valence-corrected chi connectivity index (χ4v) is 2.19. The van der Waals surface area contributed by atoms with Crippen molar-refractivity contribution in [1.82, 2.24) is 5.32 Å². The maximum Gasteiger partial charge on any atom is 0.252 e. The van der Waals surface area contributed by atoms with Crippen LogP contribution in [0.1, 0.15) is 33.6 Å². The molecule has 1 amide bonds. The Morgan fingerprint density at radius 3 is 2.30 bits per heavy atom. The standard InChI is InChI=1S/C16H27NO6/c1-9(2)5-4-6-10(3)7-8-17-15(21)14-12(19)11(18)13(20)16(22)23-14/h5,7,11-14,16,18-20,22H,4,6,8H2,1-3H3,(H,17,21). The number of ether oxygens (including phenoxy) is 1. The summed E-state index contributed by atoms with van der Waals surface area (Å²) in [5.41, 5.74) is 2.37. The van der Waals surface area contributed by atoms with E-state index in [4.69, 9.17) is 4.74 Å². The van der Waals surface area contributed by atoms with Crippen LogP contribution in [0.15, 0.2) is 23.3 Å². The van der Waals surface area contributed by atoms with E-state index in [9.17, 15) is 25.2 Å². The number of hydrogen-bond donors (Lipinski definition) is 5. The molecule has 0 aliphatic carbocycles. The van der Waals surface area contributed by atoms with Gasteiger partial charge >= 0.3 is 0 Å². The largest absolute Gasteiger partial charge is 0.387 e. The Kier molecular flexibility index (Phi) is 7.87. The van der Waals surface area contributed by atoms with E-state index in [2.05, 4.69) is 11.4 Å². The summed E-state index contributed by atoms with van der Waals surface area (Å²) in [5, 5.41) is 40.6. The normalized spacial score (nSPS) is 31.6. The molecule has 132 valence electrons. The van der Waals surface area contributed by atoms with Crippen molar-refractivity contribution in [1.29, 1.82) is 0 Å². The van der Waals surface area contributed by atoms with Gasteiger partial charge in [0.25, 0.3) is 5.91 Å². The summed E-state index contributed by atoms with van der Waals surface area (Å²) < 4.78 is 4.85. The third kappa shape index (κ3) is 6.04. The topological polar surface area (TPSA) is 119 Å². The Morgan fingerprint density at radius 2 is 1.70 bits per heavy atom. The van der Waals surface area contributed by atoms with E-state index in [1.807, 2.05) is 26.8 Å². The Morgan fingerprint density at radius 1 is 1.04 bits per heavy atom. The highest BCUT2D eigenvalue weighted by Crippen LogP contribution is 2.19. The molecule has 5 atom stereocenters. The molecule has 0 spiro atoms. The number of nitrogens with one attached hydrogen (secondary N) is 1. The second-order valence-corrected chi connectivity index (χ2v) is 6.03. The zero-order valence-corrected chi connectivity index (χ0v) is 13.8. The van der Waals surface area contributed by atoms with Gasteiger partial charge in [0.15, 0.2) is 12.4 Å². The number of amides is 1. The molecule has 0 aromatic carbocycles. The van der Waals surface area contributed by atoms with Crippen LogP contribution in [0, 0.1) is 0 Å². The summed E-state index contributed by atoms with van der Waals surface area (Å²) in [6.45, 7) is 6.28. The molecule has 0 bridgehead atoms. The first kappa shape index (κ1) is 19.8. The van der Waals surface area contributed by atoms with Crippen molar-refractivity contribution < 1.29 is 30.0 Å². The minimum Gasteiger partial charge on any atom is -0.387 e. The molecule has 1 saturated heterocycles. The van der Waals surface area contributed by atoms with Crippen LogP contribution in [0.2, 0.25) is 0 Å². The molecule has 1 rings (SSSR count). The van der Waals surface area contributed by atoms with Crippen LogP contribution in [-0.4, -0.2) is 63.6 Å². The Balaban J connectivity index is 2.45. The molecule has 0 saturated carbocycles. The number of carbonyl (C=O) groups is 1. The van der Waals surface area contributed by atoms with E-state index in [0.29, 0.717) is 0 Å². The second kappa shape index (κ2) is 9.14. The number of carbonyl (C=O) groups excluding carboxylic acids is 1. The first-order valence-electron chi connectivity index (χ1n) is 7.68. The number of hydrogen-bond acceptors (Lipinski definition) is 6. The first-order valence-corrected chi connectivity index (χ1v) is 7.68. The van der Waals surface area contributed by atoms with E-state index in [-0.39, 0.29) is 6.54 Å². The number of aliphatic hydroxyl groups is 4. The Bertz CT molecular complexity index is 457. The van der Waals surface area contributed by atoms with Crippen LogP contribution in [0.5, 0.6) is 0 Å². The molecular formula is C16H27NO6. The monoisotopic (exact) mass is 329 g/mol. The van der Waals surface area contributed by atoms with Gasteiger partial charge < -0.3 is 30.5 Å². The first-order chi connectivity index (χ1) is 10.7. The predicted molar refractivity (Wildman–Crippen MR) is 84.3 cm³/mol. The van der Waals surface area contributed by atoms with Crippen molar-refractivity contribution in [2.45, 2.75) is 64.3 Å². The molecule has 1 aliphatic heterocycles. The van der Waals surface area contributed by atoms with Crippen molar-refractivity contribution >= 4 is 5.91 Å². The number of allylic oxidation sites excluding steroid dienone is 3. The van der Waals surface area contributed by atoms with Crippen molar-refractivity contribution in [3.63, 3.8) is 0 Å². The molecule has 0 aromatic heterocycles. The molecule has 23 heavy (non-hydrogen) atoms. The Hall–Kier alpha value is -1.25. The van der Waals surface area contributed by atoms with Gasteiger partial charge in [-0.25, -0.2) is 0 Å². The van der Waals surface area contributed by atoms with Crippen LogP contribution in [0.3, 0.4) is 0 Å². The van der Waals surface area contributed by atoms with Crippen molar-refractivity contribution in [2.24, 2.45) is 0 Å². The summed E-state index contributed by atoms with van der Waals surface area (Å²) in [6.07, 6.45) is -2.23. The van der Waals surface area contributed by atoms with Crippen LogP contribution < -0.4 is 5.32 Å².